The Morgan fingerprint density at radius 2 is 1.83 bits per heavy atom. The lowest BCUT2D eigenvalue weighted by Gasteiger charge is -2.34. The number of halogens is 1. The van der Waals surface area contributed by atoms with E-state index in [1.54, 1.807) is 12.1 Å². The van der Waals surface area contributed by atoms with E-state index in [1.807, 2.05) is 16.3 Å². The fourth-order valence-corrected chi connectivity index (χ4v) is 4.47. The molecular formula is C21H27FN6OS. The number of hydrogen-bond acceptors (Lipinski definition) is 6. The molecule has 0 radical (unpaired) electrons. The molecule has 1 aromatic carbocycles. The summed E-state index contributed by atoms with van der Waals surface area (Å²) >= 11 is 1.53. The summed E-state index contributed by atoms with van der Waals surface area (Å²) in [6, 6.07) is 6.36. The minimum Gasteiger partial charge on any atom is -0.364 e. The van der Waals surface area contributed by atoms with Crippen LogP contribution in [0.25, 0.3) is 16.2 Å². The highest BCUT2D eigenvalue weighted by Gasteiger charge is 2.26. The van der Waals surface area contributed by atoms with Gasteiger partial charge in [0.2, 0.25) is 16.0 Å². The normalized spacial score (nSPS) is 15.1. The van der Waals surface area contributed by atoms with E-state index in [2.05, 4.69) is 31.0 Å². The van der Waals surface area contributed by atoms with Gasteiger partial charge in [-0.1, -0.05) is 18.3 Å². The van der Waals surface area contributed by atoms with E-state index in [0.29, 0.717) is 19.5 Å². The van der Waals surface area contributed by atoms with Gasteiger partial charge in [-0.05, 0) is 45.0 Å². The molecule has 4 rings (SSSR count). The first-order valence-electron chi connectivity index (χ1n) is 10.2. The maximum absolute atomic E-state index is 13.4. The highest BCUT2D eigenvalue weighted by atomic mass is 32.1. The summed E-state index contributed by atoms with van der Waals surface area (Å²) < 4.78 is 15.2. The molecule has 1 N–H and O–H groups in total. The number of carbonyl (C=O) groups excluding carboxylic acids is 1. The summed E-state index contributed by atoms with van der Waals surface area (Å²) in [7, 11) is 0. The standard InChI is InChI=1S/C21H27FN6OS/c1-5-16(29)26-10-12-27(13-11-26)20-25-28-18(24-21(2,3)4)17(23-19(28)30-20)14-6-8-15(22)9-7-14/h6-9,24H,5,10-13H2,1-4H3. The Hall–Kier alpha value is -2.68. The number of fused-ring (bicyclic) bond motifs is 1. The molecule has 1 aliphatic rings. The number of nitrogens with one attached hydrogen (secondary N) is 1. The molecule has 0 aliphatic carbocycles. The fourth-order valence-electron chi connectivity index (χ4n) is 3.51. The van der Waals surface area contributed by atoms with Crippen LogP contribution in [0, 0.1) is 5.82 Å². The number of carbonyl (C=O) groups is 1. The second kappa shape index (κ2) is 7.86. The molecule has 7 nitrogen and oxygen atoms in total. The molecule has 0 unspecified atom stereocenters. The van der Waals surface area contributed by atoms with Crippen LogP contribution in [0.4, 0.5) is 15.3 Å². The van der Waals surface area contributed by atoms with Crippen molar-refractivity contribution in [3.63, 3.8) is 0 Å². The minimum atomic E-state index is -0.272. The van der Waals surface area contributed by atoms with Gasteiger partial charge in [-0.15, -0.1) is 5.10 Å². The number of nitrogens with zero attached hydrogens (tertiary/aromatic N) is 5. The average molecular weight is 431 g/mol. The number of anilines is 2. The van der Waals surface area contributed by atoms with Gasteiger partial charge in [0, 0.05) is 43.7 Å². The van der Waals surface area contributed by atoms with E-state index < -0.39 is 0 Å². The molecule has 1 aliphatic heterocycles. The molecular weight excluding hydrogens is 403 g/mol. The van der Waals surface area contributed by atoms with Crippen LogP contribution in [0.1, 0.15) is 34.1 Å². The summed E-state index contributed by atoms with van der Waals surface area (Å²) in [4.78, 5) is 21.6. The molecule has 160 valence electrons. The third kappa shape index (κ3) is 4.12. The second-order valence-electron chi connectivity index (χ2n) is 8.49. The van der Waals surface area contributed by atoms with Crippen molar-refractivity contribution >= 4 is 33.2 Å². The number of amides is 1. The number of hydrogen-bond donors (Lipinski definition) is 1. The van der Waals surface area contributed by atoms with Gasteiger partial charge in [0.1, 0.15) is 11.5 Å². The zero-order valence-corrected chi connectivity index (χ0v) is 18.6. The zero-order chi connectivity index (χ0) is 21.5. The van der Waals surface area contributed by atoms with Gasteiger partial charge in [0.15, 0.2) is 5.82 Å². The molecule has 0 saturated carbocycles. The van der Waals surface area contributed by atoms with Crippen molar-refractivity contribution in [3.05, 3.63) is 30.1 Å². The largest absolute Gasteiger partial charge is 0.364 e. The lowest BCUT2D eigenvalue weighted by atomic mass is 10.1. The maximum Gasteiger partial charge on any atom is 0.222 e. The summed E-state index contributed by atoms with van der Waals surface area (Å²) in [6.45, 7) is 11.1. The smallest absolute Gasteiger partial charge is 0.222 e. The van der Waals surface area contributed by atoms with Crippen LogP contribution in [0.3, 0.4) is 0 Å². The molecule has 9 heteroatoms. The number of piperazine rings is 1. The minimum absolute atomic E-state index is 0.194. The Bertz CT molecular complexity index is 1040. The van der Waals surface area contributed by atoms with Crippen LogP contribution in [0.5, 0.6) is 0 Å². The second-order valence-corrected chi connectivity index (χ2v) is 9.43. The summed E-state index contributed by atoms with van der Waals surface area (Å²) in [5.74, 6) is 0.724. The van der Waals surface area contributed by atoms with Crippen molar-refractivity contribution in [2.45, 2.75) is 39.7 Å². The van der Waals surface area contributed by atoms with E-state index in [4.69, 9.17) is 10.1 Å². The number of benzene rings is 1. The Labute approximate surface area is 179 Å². The van der Waals surface area contributed by atoms with Crippen LogP contribution in [0.2, 0.25) is 0 Å². The van der Waals surface area contributed by atoms with Gasteiger partial charge in [0.05, 0.1) is 0 Å². The average Bonchev–Trinajstić information content (AvgIpc) is 3.26. The molecule has 1 fully saturated rings. The molecule has 3 heterocycles. The van der Waals surface area contributed by atoms with Gasteiger partial charge in [0.25, 0.3) is 0 Å². The lowest BCUT2D eigenvalue weighted by molar-refractivity contribution is -0.131. The maximum atomic E-state index is 13.4. The molecule has 3 aromatic rings. The third-order valence-corrected chi connectivity index (χ3v) is 5.98. The molecule has 2 aromatic heterocycles. The molecule has 1 amide bonds. The predicted octanol–water partition coefficient (Wildman–Crippen LogP) is 3.87. The molecule has 30 heavy (non-hydrogen) atoms. The van der Waals surface area contributed by atoms with Gasteiger partial charge in [-0.3, -0.25) is 4.79 Å². The van der Waals surface area contributed by atoms with Crippen molar-refractivity contribution in [2.24, 2.45) is 0 Å². The van der Waals surface area contributed by atoms with Gasteiger partial charge in [-0.25, -0.2) is 9.37 Å². The molecule has 0 spiro atoms. The molecule has 1 saturated heterocycles. The zero-order valence-electron chi connectivity index (χ0n) is 17.8. The van der Waals surface area contributed by atoms with E-state index in [9.17, 15) is 9.18 Å². The quantitative estimate of drug-likeness (QED) is 0.681. The Morgan fingerprint density at radius 3 is 2.43 bits per heavy atom. The monoisotopic (exact) mass is 430 g/mol. The SMILES string of the molecule is CCC(=O)N1CCN(c2nn3c(NC(C)(C)C)c(-c4ccc(F)cc4)nc3s2)CC1. The lowest BCUT2D eigenvalue weighted by Crippen LogP contribution is -2.48. The Morgan fingerprint density at radius 1 is 1.17 bits per heavy atom. The van der Waals surface area contributed by atoms with Gasteiger partial charge >= 0.3 is 0 Å². The van der Waals surface area contributed by atoms with E-state index in [1.165, 1.54) is 23.5 Å². The van der Waals surface area contributed by atoms with E-state index >= 15 is 0 Å². The van der Waals surface area contributed by atoms with E-state index in [0.717, 1.165) is 40.3 Å². The van der Waals surface area contributed by atoms with Crippen LogP contribution < -0.4 is 10.2 Å². The highest BCUT2D eigenvalue weighted by Crippen LogP contribution is 2.35. The summed E-state index contributed by atoms with van der Waals surface area (Å²) in [5, 5.41) is 9.24. The van der Waals surface area contributed by atoms with Crippen molar-refractivity contribution in [2.75, 3.05) is 36.4 Å². The number of aromatic nitrogens is 3. The third-order valence-electron chi connectivity index (χ3n) is 5.01. The first-order valence-corrected chi connectivity index (χ1v) is 11.0. The predicted molar refractivity (Wildman–Crippen MR) is 119 cm³/mol. The first kappa shape index (κ1) is 20.6. The van der Waals surface area contributed by atoms with Crippen LogP contribution in [-0.4, -0.2) is 57.1 Å². The first-order chi connectivity index (χ1) is 14.2. The Kier molecular flexibility index (Phi) is 5.40. The number of imidazole rings is 1. The highest BCUT2D eigenvalue weighted by molar-refractivity contribution is 7.20. The summed E-state index contributed by atoms with van der Waals surface area (Å²) in [5.41, 5.74) is 1.41. The topological polar surface area (TPSA) is 65.8 Å². The van der Waals surface area contributed by atoms with Gasteiger partial charge in [-0.2, -0.15) is 4.52 Å². The summed E-state index contributed by atoms with van der Waals surface area (Å²) in [6.07, 6.45) is 0.541. The fraction of sp³-hybridized carbons (Fsp3) is 0.476. The Balaban J connectivity index is 1.66. The van der Waals surface area contributed by atoms with Crippen molar-refractivity contribution in [1.29, 1.82) is 0 Å². The van der Waals surface area contributed by atoms with Crippen molar-refractivity contribution < 1.29 is 9.18 Å². The molecule has 0 bridgehead atoms. The van der Waals surface area contributed by atoms with E-state index in [-0.39, 0.29) is 17.3 Å². The van der Waals surface area contributed by atoms with Crippen LogP contribution >= 0.6 is 11.3 Å². The molecule has 0 atom stereocenters. The number of rotatable bonds is 4. The van der Waals surface area contributed by atoms with Gasteiger partial charge < -0.3 is 15.1 Å². The van der Waals surface area contributed by atoms with Crippen LogP contribution in [0.15, 0.2) is 24.3 Å². The van der Waals surface area contributed by atoms with Crippen molar-refractivity contribution in [3.8, 4) is 11.3 Å². The van der Waals surface area contributed by atoms with Crippen molar-refractivity contribution in [1.82, 2.24) is 19.5 Å². The van der Waals surface area contributed by atoms with Crippen LogP contribution in [-0.2, 0) is 4.79 Å².